The monoisotopic (exact) mass is 477 g/mol. The Balaban J connectivity index is 1.53. The first-order valence-electron chi connectivity index (χ1n) is 7.89. The van der Waals surface area contributed by atoms with E-state index in [4.69, 9.17) is 11.6 Å². The molecule has 2 heterocycles. The summed E-state index contributed by atoms with van der Waals surface area (Å²) in [6.07, 6.45) is 0. The molecule has 1 fully saturated rings. The van der Waals surface area contributed by atoms with Crippen LogP contribution in [0.1, 0.15) is 0 Å². The van der Waals surface area contributed by atoms with Crippen LogP contribution in [-0.2, 0) is 14.8 Å². The lowest BCUT2D eigenvalue weighted by molar-refractivity contribution is -0.130. The van der Waals surface area contributed by atoms with Crippen LogP contribution in [0.4, 0.5) is 5.69 Å². The molecule has 1 aliphatic heterocycles. The summed E-state index contributed by atoms with van der Waals surface area (Å²) in [5.74, 6) is -0.233. The average Bonchev–Trinajstić information content (AvgIpc) is 3.08. The number of sulfonamides is 1. The summed E-state index contributed by atoms with van der Waals surface area (Å²) >= 11 is 10.6. The molecule has 2 aromatic rings. The van der Waals surface area contributed by atoms with Crippen molar-refractivity contribution in [1.82, 2.24) is 9.62 Å². The number of benzene rings is 1. The van der Waals surface area contributed by atoms with E-state index in [1.165, 1.54) is 6.07 Å². The first-order chi connectivity index (χ1) is 12.4. The summed E-state index contributed by atoms with van der Waals surface area (Å²) in [5.41, 5.74) is 0.949. The van der Waals surface area contributed by atoms with Crippen molar-refractivity contribution < 1.29 is 13.2 Å². The van der Waals surface area contributed by atoms with E-state index in [1.54, 1.807) is 11.0 Å². The quantitative estimate of drug-likeness (QED) is 0.717. The Kier molecular flexibility index (Phi) is 6.24. The number of amides is 1. The van der Waals surface area contributed by atoms with Gasteiger partial charge < -0.3 is 9.80 Å². The van der Waals surface area contributed by atoms with Crippen LogP contribution in [-0.4, -0.2) is 51.9 Å². The predicted octanol–water partition coefficient (Wildman–Crippen LogP) is 2.79. The number of hydrogen-bond acceptors (Lipinski definition) is 5. The molecular formula is C16H17BrClN3O3S2. The van der Waals surface area contributed by atoms with Gasteiger partial charge in [0.2, 0.25) is 5.91 Å². The second kappa shape index (κ2) is 8.26. The zero-order valence-electron chi connectivity index (χ0n) is 13.7. The van der Waals surface area contributed by atoms with E-state index in [-0.39, 0.29) is 16.7 Å². The highest BCUT2D eigenvalue weighted by Gasteiger charge is 2.24. The van der Waals surface area contributed by atoms with Gasteiger partial charge in [0.15, 0.2) is 0 Å². The minimum Gasteiger partial charge on any atom is -0.367 e. The fourth-order valence-corrected chi connectivity index (χ4v) is 5.97. The molecular weight excluding hydrogens is 462 g/mol. The molecule has 26 heavy (non-hydrogen) atoms. The summed E-state index contributed by atoms with van der Waals surface area (Å²) in [4.78, 5) is 16.1. The molecule has 1 saturated heterocycles. The third-order valence-corrected chi connectivity index (χ3v) is 7.89. The van der Waals surface area contributed by atoms with Crippen LogP contribution in [0, 0.1) is 0 Å². The van der Waals surface area contributed by atoms with E-state index in [9.17, 15) is 13.2 Å². The van der Waals surface area contributed by atoms with Crippen LogP contribution in [0.25, 0.3) is 0 Å². The lowest BCUT2D eigenvalue weighted by Gasteiger charge is -2.36. The molecule has 0 spiro atoms. The smallest absolute Gasteiger partial charge is 0.250 e. The van der Waals surface area contributed by atoms with Crippen LogP contribution in [0.15, 0.2) is 44.4 Å². The number of carbonyl (C=O) groups is 1. The maximum atomic E-state index is 12.3. The molecule has 1 aromatic carbocycles. The summed E-state index contributed by atoms with van der Waals surface area (Å²) in [7, 11) is -3.67. The maximum Gasteiger partial charge on any atom is 0.250 e. The number of anilines is 1. The lowest BCUT2D eigenvalue weighted by Crippen LogP contribution is -2.51. The number of halogens is 2. The van der Waals surface area contributed by atoms with E-state index >= 15 is 0 Å². The summed E-state index contributed by atoms with van der Waals surface area (Å²) in [6, 6.07) is 10.8. The molecule has 1 N–H and O–H groups in total. The molecule has 0 atom stereocenters. The maximum absolute atomic E-state index is 12.3. The van der Waals surface area contributed by atoms with Crippen molar-refractivity contribution in [2.24, 2.45) is 0 Å². The van der Waals surface area contributed by atoms with Gasteiger partial charge in [0.1, 0.15) is 4.21 Å². The van der Waals surface area contributed by atoms with E-state index < -0.39 is 10.0 Å². The van der Waals surface area contributed by atoms with Crippen LogP contribution >= 0.6 is 38.9 Å². The molecule has 1 aromatic heterocycles. The van der Waals surface area contributed by atoms with E-state index in [1.807, 2.05) is 24.3 Å². The minimum absolute atomic E-state index is 0.181. The SMILES string of the molecule is O=C(CNS(=O)(=O)c1ccc(Br)s1)N1CCN(c2ccccc2Cl)CC1. The lowest BCUT2D eigenvalue weighted by atomic mass is 10.2. The van der Waals surface area contributed by atoms with Gasteiger partial charge in [-0.15, -0.1) is 11.3 Å². The van der Waals surface area contributed by atoms with Gasteiger partial charge in [-0.2, -0.15) is 0 Å². The average molecular weight is 479 g/mol. The molecule has 0 unspecified atom stereocenters. The molecule has 1 amide bonds. The molecule has 0 aliphatic carbocycles. The Morgan fingerprint density at radius 1 is 1.15 bits per heavy atom. The van der Waals surface area contributed by atoms with Gasteiger partial charge in [0.05, 0.1) is 21.0 Å². The summed E-state index contributed by atoms with van der Waals surface area (Å²) in [6.45, 7) is 2.11. The second-order valence-corrected chi connectivity index (χ2v) is 10.6. The molecule has 0 radical (unpaired) electrons. The molecule has 3 rings (SSSR count). The summed E-state index contributed by atoms with van der Waals surface area (Å²) in [5, 5.41) is 0.683. The molecule has 140 valence electrons. The number of hydrogen-bond donors (Lipinski definition) is 1. The first-order valence-corrected chi connectivity index (χ1v) is 11.4. The highest BCUT2D eigenvalue weighted by molar-refractivity contribution is 9.11. The molecule has 6 nitrogen and oxygen atoms in total. The van der Waals surface area contributed by atoms with Crippen molar-refractivity contribution in [3.8, 4) is 0 Å². The standard InChI is InChI=1S/C16H17BrClN3O3S2/c17-14-5-6-16(25-14)26(23,24)19-11-15(22)21-9-7-20(8-10-21)13-4-2-1-3-12(13)18/h1-6,19H,7-11H2. The van der Waals surface area contributed by atoms with Crippen LogP contribution in [0.2, 0.25) is 5.02 Å². The Bertz CT molecular complexity index is 896. The van der Waals surface area contributed by atoms with Crippen molar-refractivity contribution in [3.63, 3.8) is 0 Å². The van der Waals surface area contributed by atoms with Gasteiger partial charge in [-0.05, 0) is 40.2 Å². The van der Waals surface area contributed by atoms with Gasteiger partial charge in [-0.1, -0.05) is 23.7 Å². The number of nitrogens with zero attached hydrogens (tertiary/aromatic N) is 2. The largest absolute Gasteiger partial charge is 0.367 e. The molecule has 1 aliphatic rings. The van der Waals surface area contributed by atoms with Crippen molar-refractivity contribution >= 4 is 60.5 Å². The number of para-hydroxylation sites is 1. The predicted molar refractivity (Wildman–Crippen MR) is 107 cm³/mol. The van der Waals surface area contributed by atoms with Crippen molar-refractivity contribution in [2.45, 2.75) is 4.21 Å². The van der Waals surface area contributed by atoms with Gasteiger partial charge in [-0.25, -0.2) is 13.1 Å². The van der Waals surface area contributed by atoms with E-state index in [0.29, 0.717) is 31.2 Å². The minimum atomic E-state index is -3.67. The number of rotatable bonds is 5. The van der Waals surface area contributed by atoms with E-state index in [2.05, 4.69) is 25.6 Å². The number of piperazine rings is 1. The van der Waals surface area contributed by atoms with Crippen molar-refractivity contribution in [2.75, 3.05) is 37.6 Å². The Morgan fingerprint density at radius 2 is 1.85 bits per heavy atom. The Morgan fingerprint density at radius 3 is 2.46 bits per heavy atom. The Labute approximate surface area is 169 Å². The van der Waals surface area contributed by atoms with Crippen molar-refractivity contribution in [3.05, 3.63) is 45.2 Å². The van der Waals surface area contributed by atoms with Crippen LogP contribution in [0.5, 0.6) is 0 Å². The van der Waals surface area contributed by atoms with Gasteiger partial charge >= 0.3 is 0 Å². The number of nitrogens with one attached hydrogen (secondary N) is 1. The van der Waals surface area contributed by atoms with Crippen LogP contribution in [0.3, 0.4) is 0 Å². The molecule has 10 heteroatoms. The summed E-state index contributed by atoms with van der Waals surface area (Å²) < 4.78 is 27.7. The molecule has 0 saturated carbocycles. The number of thiophene rings is 1. The van der Waals surface area contributed by atoms with Gasteiger partial charge in [-0.3, -0.25) is 4.79 Å². The van der Waals surface area contributed by atoms with Crippen molar-refractivity contribution in [1.29, 1.82) is 0 Å². The normalized spacial score (nSPS) is 15.3. The number of carbonyl (C=O) groups excluding carboxylic acids is 1. The zero-order chi connectivity index (χ0) is 18.7. The highest BCUT2D eigenvalue weighted by atomic mass is 79.9. The first kappa shape index (κ1) is 19.6. The topological polar surface area (TPSA) is 69.7 Å². The van der Waals surface area contributed by atoms with Gasteiger partial charge in [0.25, 0.3) is 10.0 Å². The zero-order valence-corrected chi connectivity index (χ0v) is 17.7. The van der Waals surface area contributed by atoms with Crippen LogP contribution < -0.4 is 9.62 Å². The molecule has 0 bridgehead atoms. The van der Waals surface area contributed by atoms with Gasteiger partial charge in [0, 0.05) is 26.2 Å². The fourth-order valence-electron chi connectivity index (χ4n) is 2.69. The highest BCUT2D eigenvalue weighted by Crippen LogP contribution is 2.27. The fraction of sp³-hybridized carbons (Fsp3) is 0.312. The third kappa shape index (κ3) is 4.58. The Hall–Kier alpha value is -1.13. The third-order valence-electron chi connectivity index (χ3n) is 4.05. The second-order valence-electron chi connectivity index (χ2n) is 5.70. The van der Waals surface area contributed by atoms with E-state index in [0.717, 1.165) is 20.8 Å².